The molecule has 3 aromatic carbocycles. The van der Waals surface area contributed by atoms with Crippen LogP contribution in [-0.2, 0) is 0 Å². The van der Waals surface area contributed by atoms with Crippen LogP contribution in [0.3, 0.4) is 0 Å². The van der Waals surface area contributed by atoms with E-state index < -0.39 is 5.72 Å². The summed E-state index contributed by atoms with van der Waals surface area (Å²) in [7, 11) is 0. The fraction of sp³-hybridized carbons (Fsp3) is 0.227. The first-order chi connectivity index (χ1) is 12.5. The van der Waals surface area contributed by atoms with Crippen molar-refractivity contribution in [1.82, 2.24) is 5.01 Å². The first-order valence-electron chi connectivity index (χ1n) is 8.86. The molecule has 0 radical (unpaired) electrons. The second kappa shape index (κ2) is 5.58. The summed E-state index contributed by atoms with van der Waals surface area (Å²) in [5.41, 5.74) is 3.03. The fourth-order valence-corrected chi connectivity index (χ4v) is 4.36. The highest BCUT2D eigenvalue weighted by Crippen LogP contribution is 2.47. The molecule has 0 amide bonds. The molecule has 2 aliphatic heterocycles. The largest absolute Gasteiger partial charge is 0.467 e. The smallest absolute Gasteiger partial charge is 0.192 e. The Morgan fingerprint density at radius 1 is 1.04 bits per heavy atom. The summed E-state index contributed by atoms with van der Waals surface area (Å²) in [4.78, 5) is 0. The van der Waals surface area contributed by atoms with Gasteiger partial charge in [0.15, 0.2) is 5.72 Å². The molecule has 0 aliphatic carbocycles. The van der Waals surface area contributed by atoms with Crippen molar-refractivity contribution in [3.63, 3.8) is 0 Å². The number of hydrogen-bond acceptors (Lipinski definition) is 3. The Bertz CT molecular complexity index is 1060. The molecule has 0 fully saturated rings. The quantitative estimate of drug-likeness (QED) is 0.503. The molecule has 4 heteroatoms. The van der Waals surface area contributed by atoms with Crippen molar-refractivity contribution in [2.45, 2.75) is 32.0 Å². The molecule has 3 aromatic rings. The minimum absolute atomic E-state index is 0.202. The molecule has 2 aliphatic rings. The Morgan fingerprint density at radius 3 is 2.69 bits per heavy atom. The SMILES string of the molecule is CC1(C)Oc2ccc(Br)cc2C2CC(c3ccc4ccccc4c3)=NN21. The lowest BCUT2D eigenvalue weighted by atomic mass is 9.94. The molecule has 26 heavy (non-hydrogen) atoms. The van der Waals surface area contributed by atoms with Gasteiger partial charge in [0.25, 0.3) is 0 Å². The standard InChI is InChI=1S/C22H19BrN2O/c1-22(2)25-20(18-12-17(23)9-10-21(18)26-22)13-19(24-25)16-8-7-14-5-3-4-6-15(14)11-16/h3-12,20H,13H2,1-2H3. The molecule has 130 valence electrons. The van der Waals surface area contributed by atoms with E-state index in [1.54, 1.807) is 0 Å². The summed E-state index contributed by atoms with van der Waals surface area (Å²) in [5, 5.41) is 9.60. The average Bonchev–Trinajstić information content (AvgIpc) is 3.09. The lowest BCUT2D eigenvalue weighted by molar-refractivity contribution is -0.0911. The summed E-state index contributed by atoms with van der Waals surface area (Å²) in [6, 6.07) is 21.5. The first-order valence-corrected chi connectivity index (χ1v) is 9.65. The monoisotopic (exact) mass is 406 g/mol. The zero-order valence-corrected chi connectivity index (χ0v) is 16.3. The van der Waals surface area contributed by atoms with Gasteiger partial charge in [-0.3, -0.25) is 0 Å². The van der Waals surface area contributed by atoms with Crippen molar-refractivity contribution in [3.8, 4) is 5.75 Å². The van der Waals surface area contributed by atoms with Gasteiger partial charge in [-0.25, -0.2) is 5.01 Å². The number of hydrogen-bond donors (Lipinski definition) is 0. The van der Waals surface area contributed by atoms with E-state index in [1.807, 2.05) is 12.1 Å². The average molecular weight is 407 g/mol. The molecule has 0 aromatic heterocycles. The van der Waals surface area contributed by atoms with Gasteiger partial charge in [0, 0.05) is 16.5 Å². The highest BCUT2D eigenvalue weighted by atomic mass is 79.9. The van der Waals surface area contributed by atoms with Crippen LogP contribution in [0.25, 0.3) is 10.8 Å². The van der Waals surface area contributed by atoms with Crippen LogP contribution in [0.2, 0.25) is 0 Å². The second-order valence-corrected chi connectivity index (χ2v) is 8.32. The summed E-state index contributed by atoms with van der Waals surface area (Å²) in [6.07, 6.45) is 0.884. The molecule has 0 saturated carbocycles. The van der Waals surface area contributed by atoms with Crippen molar-refractivity contribution in [3.05, 3.63) is 76.3 Å². The van der Waals surface area contributed by atoms with Gasteiger partial charge in [0.05, 0.1) is 11.8 Å². The summed E-state index contributed by atoms with van der Waals surface area (Å²) in [5.74, 6) is 0.953. The maximum atomic E-state index is 6.24. The zero-order valence-electron chi connectivity index (χ0n) is 14.7. The Morgan fingerprint density at radius 2 is 1.85 bits per heavy atom. The number of benzene rings is 3. The van der Waals surface area contributed by atoms with Crippen LogP contribution < -0.4 is 4.74 Å². The Balaban J connectivity index is 1.59. The predicted octanol–water partition coefficient (Wildman–Crippen LogP) is 5.88. The molecule has 0 bridgehead atoms. The molecule has 1 atom stereocenters. The third kappa shape index (κ3) is 2.43. The van der Waals surface area contributed by atoms with Gasteiger partial charge >= 0.3 is 0 Å². The number of rotatable bonds is 1. The van der Waals surface area contributed by atoms with Gasteiger partial charge in [0.1, 0.15) is 5.75 Å². The minimum Gasteiger partial charge on any atom is -0.467 e. The van der Waals surface area contributed by atoms with Crippen LogP contribution in [0.1, 0.15) is 37.4 Å². The molecule has 0 N–H and O–H groups in total. The van der Waals surface area contributed by atoms with E-state index >= 15 is 0 Å². The van der Waals surface area contributed by atoms with Crippen molar-refractivity contribution in [2.24, 2.45) is 5.10 Å². The second-order valence-electron chi connectivity index (χ2n) is 7.40. The highest BCUT2D eigenvalue weighted by molar-refractivity contribution is 9.10. The van der Waals surface area contributed by atoms with E-state index in [4.69, 9.17) is 9.84 Å². The van der Waals surface area contributed by atoms with Crippen LogP contribution in [0.4, 0.5) is 0 Å². The molecule has 3 nitrogen and oxygen atoms in total. The van der Waals surface area contributed by atoms with E-state index in [0.717, 1.165) is 22.4 Å². The van der Waals surface area contributed by atoms with Crippen LogP contribution in [-0.4, -0.2) is 16.4 Å². The molecular formula is C22H19BrN2O. The Kier molecular flexibility index (Phi) is 3.41. The minimum atomic E-state index is -0.468. The van der Waals surface area contributed by atoms with Crippen LogP contribution in [0.5, 0.6) is 5.75 Å². The number of nitrogens with zero attached hydrogens (tertiary/aromatic N) is 2. The molecule has 0 spiro atoms. The number of halogens is 1. The molecular weight excluding hydrogens is 388 g/mol. The third-order valence-electron chi connectivity index (χ3n) is 5.24. The van der Waals surface area contributed by atoms with Crippen LogP contribution in [0, 0.1) is 0 Å². The Labute approximate surface area is 161 Å². The van der Waals surface area contributed by atoms with Gasteiger partial charge < -0.3 is 4.74 Å². The topological polar surface area (TPSA) is 24.8 Å². The van der Waals surface area contributed by atoms with Crippen LogP contribution in [0.15, 0.2) is 70.2 Å². The van der Waals surface area contributed by atoms with Gasteiger partial charge in [0.2, 0.25) is 0 Å². The van der Waals surface area contributed by atoms with Gasteiger partial charge in [-0.1, -0.05) is 52.3 Å². The maximum Gasteiger partial charge on any atom is 0.192 e. The summed E-state index contributed by atoms with van der Waals surface area (Å²) in [6.45, 7) is 4.16. The van der Waals surface area contributed by atoms with E-state index in [-0.39, 0.29) is 6.04 Å². The van der Waals surface area contributed by atoms with E-state index in [2.05, 4.69) is 83.3 Å². The van der Waals surface area contributed by atoms with E-state index in [1.165, 1.54) is 21.9 Å². The number of hydrazone groups is 1. The molecule has 2 heterocycles. The Hall–Kier alpha value is -2.33. The van der Waals surface area contributed by atoms with Crippen molar-refractivity contribution in [1.29, 1.82) is 0 Å². The van der Waals surface area contributed by atoms with E-state index in [9.17, 15) is 0 Å². The van der Waals surface area contributed by atoms with Crippen LogP contribution >= 0.6 is 15.9 Å². The van der Waals surface area contributed by atoms with Crippen molar-refractivity contribution < 1.29 is 4.74 Å². The zero-order chi connectivity index (χ0) is 17.9. The lowest BCUT2D eigenvalue weighted by Crippen LogP contribution is -2.48. The third-order valence-corrected chi connectivity index (χ3v) is 5.73. The maximum absolute atomic E-state index is 6.24. The fourth-order valence-electron chi connectivity index (χ4n) is 3.98. The molecule has 1 unspecified atom stereocenters. The normalized spacial score (nSPS) is 20.3. The lowest BCUT2D eigenvalue weighted by Gasteiger charge is -2.43. The number of ether oxygens (including phenoxy) is 1. The van der Waals surface area contributed by atoms with E-state index in [0.29, 0.717) is 0 Å². The molecule has 5 rings (SSSR count). The summed E-state index contributed by atoms with van der Waals surface area (Å²) < 4.78 is 7.31. The van der Waals surface area contributed by atoms with Crippen molar-refractivity contribution >= 4 is 32.4 Å². The summed E-state index contributed by atoms with van der Waals surface area (Å²) >= 11 is 3.59. The molecule has 0 saturated heterocycles. The van der Waals surface area contributed by atoms with Gasteiger partial charge in [-0.05, 0) is 54.4 Å². The van der Waals surface area contributed by atoms with Gasteiger partial charge in [-0.15, -0.1) is 0 Å². The predicted molar refractivity (Wildman–Crippen MR) is 109 cm³/mol. The number of fused-ring (bicyclic) bond motifs is 4. The van der Waals surface area contributed by atoms with Crippen molar-refractivity contribution in [2.75, 3.05) is 0 Å². The van der Waals surface area contributed by atoms with Gasteiger partial charge in [-0.2, -0.15) is 5.10 Å². The highest BCUT2D eigenvalue weighted by Gasteiger charge is 2.44. The first kappa shape index (κ1) is 15.9.